The number of carbonyl (C=O) groups is 1. The van der Waals surface area contributed by atoms with Gasteiger partial charge in [0.25, 0.3) is 0 Å². The van der Waals surface area contributed by atoms with Crippen molar-refractivity contribution in [3.8, 4) is 0 Å². The highest BCUT2D eigenvalue weighted by atomic mass is 19.1. The molecule has 21 heavy (non-hydrogen) atoms. The Kier molecular flexibility index (Phi) is 5.34. The van der Waals surface area contributed by atoms with Gasteiger partial charge in [0.1, 0.15) is 5.82 Å². The van der Waals surface area contributed by atoms with E-state index in [-0.39, 0.29) is 11.7 Å². The Morgan fingerprint density at radius 1 is 1.29 bits per heavy atom. The van der Waals surface area contributed by atoms with Crippen LogP contribution < -0.4 is 0 Å². The van der Waals surface area contributed by atoms with E-state index in [1.807, 2.05) is 17.0 Å². The number of benzene rings is 1. The fraction of sp³-hybridized carbons (Fsp3) is 0.588. The van der Waals surface area contributed by atoms with E-state index in [2.05, 4.69) is 18.7 Å². The summed E-state index contributed by atoms with van der Waals surface area (Å²) in [6, 6.07) is 7.07. The van der Waals surface area contributed by atoms with Crippen LogP contribution in [-0.2, 0) is 11.3 Å². The quantitative estimate of drug-likeness (QED) is 0.855. The van der Waals surface area contributed by atoms with Crippen LogP contribution in [0.2, 0.25) is 0 Å². The Bertz CT molecular complexity index is 472. The zero-order chi connectivity index (χ0) is 15.4. The van der Waals surface area contributed by atoms with Crippen LogP contribution in [0.15, 0.2) is 24.3 Å². The maximum absolute atomic E-state index is 13.0. The van der Waals surface area contributed by atoms with E-state index < -0.39 is 0 Å². The molecule has 1 aliphatic rings. The standard InChI is InChI=1S/C17H25FN2O/c1-13(2)17-12-19(14(3)21)9-4-10-20(17)11-15-5-7-16(18)8-6-15/h5-8,13,17H,4,9-12H2,1-3H3/t17-/m1/s1. The largest absolute Gasteiger partial charge is 0.341 e. The SMILES string of the molecule is CC(=O)N1CCCN(Cc2ccc(F)cc2)[C@@H](C(C)C)C1. The Hall–Kier alpha value is -1.42. The molecule has 3 nitrogen and oxygen atoms in total. The highest BCUT2D eigenvalue weighted by molar-refractivity contribution is 5.73. The first-order chi connectivity index (χ1) is 9.97. The van der Waals surface area contributed by atoms with Crippen LogP contribution in [0.25, 0.3) is 0 Å². The Morgan fingerprint density at radius 2 is 1.95 bits per heavy atom. The third-order valence-electron chi connectivity index (χ3n) is 4.26. The normalized spacial score (nSPS) is 20.6. The summed E-state index contributed by atoms with van der Waals surface area (Å²) in [5.74, 6) is 0.437. The first kappa shape index (κ1) is 16.0. The average molecular weight is 292 g/mol. The van der Waals surface area contributed by atoms with Crippen LogP contribution >= 0.6 is 0 Å². The van der Waals surface area contributed by atoms with Gasteiger partial charge < -0.3 is 4.90 Å². The van der Waals surface area contributed by atoms with Crippen molar-refractivity contribution in [2.75, 3.05) is 19.6 Å². The molecule has 0 N–H and O–H groups in total. The summed E-state index contributed by atoms with van der Waals surface area (Å²) in [6.07, 6.45) is 0.990. The molecule has 4 heteroatoms. The lowest BCUT2D eigenvalue weighted by atomic mass is 10.0. The van der Waals surface area contributed by atoms with Crippen molar-refractivity contribution in [1.29, 1.82) is 0 Å². The molecule has 1 fully saturated rings. The topological polar surface area (TPSA) is 23.6 Å². The molecule has 0 unspecified atom stereocenters. The second-order valence-corrected chi connectivity index (χ2v) is 6.23. The number of hydrogen-bond acceptors (Lipinski definition) is 2. The van der Waals surface area contributed by atoms with E-state index in [0.29, 0.717) is 12.0 Å². The van der Waals surface area contributed by atoms with Gasteiger partial charge in [0.2, 0.25) is 5.91 Å². The first-order valence-electron chi connectivity index (χ1n) is 7.71. The monoisotopic (exact) mass is 292 g/mol. The minimum absolute atomic E-state index is 0.157. The molecule has 1 heterocycles. The van der Waals surface area contributed by atoms with Gasteiger partial charge in [-0.05, 0) is 30.0 Å². The molecule has 116 valence electrons. The Balaban J connectivity index is 2.12. The van der Waals surface area contributed by atoms with Crippen LogP contribution in [0.3, 0.4) is 0 Å². The molecule has 1 aliphatic heterocycles. The van der Waals surface area contributed by atoms with Crippen molar-refractivity contribution in [1.82, 2.24) is 9.80 Å². The maximum atomic E-state index is 13.0. The highest BCUT2D eigenvalue weighted by Crippen LogP contribution is 2.20. The van der Waals surface area contributed by atoms with E-state index >= 15 is 0 Å². The Morgan fingerprint density at radius 3 is 2.52 bits per heavy atom. The molecule has 1 saturated heterocycles. The average Bonchev–Trinajstić information content (AvgIpc) is 2.64. The fourth-order valence-electron chi connectivity index (χ4n) is 3.00. The van der Waals surface area contributed by atoms with Crippen molar-refractivity contribution in [3.63, 3.8) is 0 Å². The van der Waals surface area contributed by atoms with E-state index in [4.69, 9.17) is 0 Å². The number of halogens is 1. The second-order valence-electron chi connectivity index (χ2n) is 6.23. The lowest BCUT2D eigenvalue weighted by molar-refractivity contribution is -0.129. The van der Waals surface area contributed by atoms with E-state index in [1.54, 1.807) is 6.92 Å². The molecule has 0 spiro atoms. The molecule has 0 radical (unpaired) electrons. The van der Waals surface area contributed by atoms with Gasteiger partial charge in [0.05, 0.1) is 0 Å². The van der Waals surface area contributed by atoms with Gasteiger partial charge in [-0.15, -0.1) is 0 Å². The number of carbonyl (C=O) groups excluding carboxylic acids is 1. The molecular formula is C17H25FN2O. The summed E-state index contributed by atoms with van der Waals surface area (Å²) in [4.78, 5) is 16.1. The third kappa shape index (κ3) is 4.27. The van der Waals surface area contributed by atoms with Gasteiger partial charge in [-0.1, -0.05) is 26.0 Å². The summed E-state index contributed by atoms with van der Waals surface area (Å²) in [5.41, 5.74) is 1.12. The lowest BCUT2D eigenvalue weighted by Gasteiger charge is -2.34. The number of nitrogens with zero attached hydrogens (tertiary/aromatic N) is 2. The van der Waals surface area contributed by atoms with Crippen LogP contribution in [0.4, 0.5) is 4.39 Å². The van der Waals surface area contributed by atoms with E-state index in [9.17, 15) is 9.18 Å². The third-order valence-corrected chi connectivity index (χ3v) is 4.26. The summed E-state index contributed by atoms with van der Waals surface area (Å²) in [6.45, 7) is 9.45. The minimum atomic E-state index is -0.196. The molecule has 1 aromatic carbocycles. The lowest BCUT2D eigenvalue weighted by Crippen LogP contribution is -2.45. The van der Waals surface area contributed by atoms with Crippen LogP contribution in [0.5, 0.6) is 0 Å². The first-order valence-corrected chi connectivity index (χ1v) is 7.71. The van der Waals surface area contributed by atoms with Gasteiger partial charge in [-0.25, -0.2) is 4.39 Å². The molecule has 0 saturated carbocycles. The Labute approximate surface area is 126 Å². The van der Waals surface area contributed by atoms with Crippen LogP contribution in [0, 0.1) is 11.7 Å². The summed E-state index contributed by atoms with van der Waals surface area (Å²) in [5, 5.41) is 0. The smallest absolute Gasteiger partial charge is 0.219 e. The molecule has 0 aromatic heterocycles. The van der Waals surface area contributed by atoms with E-state index in [1.165, 1.54) is 12.1 Å². The zero-order valence-corrected chi connectivity index (χ0v) is 13.2. The molecule has 1 aromatic rings. The van der Waals surface area contributed by atoms with Crippen LogP contribution in [0.1, 0.15) is 32.8 Å². The highest BCUT2D eigenvalue weighted by Gasteiger charge is 2.28. The van der Waals surface area contributed by atoms with Crippen molar-refractivity contribution in [2.45, 2.75) is 39.8 Å². The summed E-state index contributed by atoms with van der Waals surface area (Å²) in [7, 11) is 0. The van der Waals surface area contributed by atoms with Crippen LogP contribution in [-0.4, -0.2) is 41.4 Å². The molecule has 1 atom stereocenters. The predicted octanol–water partition coefficient (Wildman–Crippen LogP) is 2.90. The predicted molar refractivity (Wildman–Crippen MR) is 82.3 cm³/mol. The summed E-state index contributed by atoms with van der Waals surface area (Å²) >= 11 is 0. The van der Waals surface area contributed by atoms with Crippen molar-refractivity contribution < 1.29 is 9.18 Å². The van der Waals surface area contributed by atoms with Gasteiger partial charge in [-0.2, -0.15) is 0 Å². The molecule has 2 rings (SSSR count). The summed E-state index contributed by atoms with van der Waals surface area (Å²) < 4.78 is 13.0. The van der Waals surface area contributed by atoms with Crippen molar-refractivity contribution >= 4 is 5.91 Å². The second kappa shape index (κ2) is 7.03. The molecular weight excluding hydrogens is 267 g/mol. The molecule has 1 amide bonds. The molecule has 0 bridgehead atoms. The van der Waals surface area contributed by atoms with Gasteiger partial charge in [-0.3, -0.25) is 9.69 Å². The number of rotatable bonds is 3. The van der Waals surface area contributed by atoms with Crippen molar-refractivity contribution in [2.24, 2.45) is 5.92 Å². The fourth-order valence-corrected chi connectivity index (χ4v) is 3.00. The van der Waals surface area contributed by atoms with Crippen molar-refractivity contribution in [3.05, 3.63) is 35.6 Å². The zero-order valence-electron chi connectivity index (χ0n) is 13.2. The maximum Gasteiger partial charge on any atom is 0.219 e. The number of hydrogen-bond donors (Lipinski definition) is 0. The molecule has 0 aliphatic carbocycles. The van der Waals surface area contributed by atoms with Gasteiger partial charge in [0, 0.05) is 39.1 Å². The van der Waals surface area contributed by atoms with Gasteiger partial charge in [0.15, 0.2) is 0 Å². The minimum Gasteiger partial charge on any atom is -0.341 e. The number of amides is 1. The van der Waals surface area contributed by atoms with E-state index in [0.717, 1.165) is 38.2 Å². The van der Waals surface area contributed by atoms with Gasteiger partial charge >= 0.3 is 0 Å².